The van der Waals surface area contributed by atoms with Crippen molar-refractivity contribution >= 4 is 15.9 Å². The molecule has 110 valence electrons. The predicted molar refractivity (Wildman–Crippen MR) is 81.3 cm³/mol. The Labute approximate surface area is 128 Å². The van der Waals surface area contributed by atoms with Crippen molar-refractivity contribution < 1.29 is 9.13 Å². The molecule has 2 heterocycles. The molecular formula is C16H21BrFNO. The van der Waals surface area contributed by atoms with Gasteiger partial charge in [-0.1, -0.05) is 13.0 Å². The summed E-state index contributed by atoms with van der Waals surface area (Å²) in [5.74, 6) is 0.398. The quantitative estimate of drug-likeness (QED) is 0.882. The topological polar surface area (TPSA) is 21.3 Å². The molecular weight excluding hydrogens is 321 g/mol. The van der Waals surface area contributed by atoms with Gasteiger partial charge >= 0.3 is 0 Å². The van der Waals surface area contributed by atoms with Gasteiger partial charge in [-0.05, 0) is 65.9 Å². The molecule has 0 saturated carbocycles. The molecule has 2 nitrogen and oxygen atoms in total. The second-order valence-corrected chi connectivity index (χ2v) is 6.74. The Kier molecular flexibility index (Phi) is 4.43. The van der Waals surface area contributed by atoms with Gasteiger partial charge in [0.25, 0.3) is 0 Å². The van der Waals surface area contributed by atoms with Crippen molar-refractivity contribution in [3.63, 3.8) is 0 Å². The van der Waals surface area contributed by atoms with Gasteiger partial charge in [0.15, 0.2) is 0 Å². The summed E-state index contributed by atoms with van der Waals surface area (Å²) < 4.78 is 19.9. The molecule has 0 radical (unpaired) electrons. The molecule has 1 N–H and O–H groups in total. The molecule has 4 heteroatoms. The van der Waals surface area contributed by atoms with E-state index in [1.807, 2.05) is 12.1 Å². The van der Waals surface area contributed by atoms with Gasteiger partial charge in [-0.25, -0.2) is 4.39 Å². The number of likely N-dealkylation sites (N-methyl/N-ethyl adjacent to an activating group) is 1. The van der Waals surface area contributed by atoms with E-state index in [1.165, 1.54) is 24.8 Å². The number of ether oxygens (including phenoxy) is 1. The van der Waals surface area contributed by atoms with Crippen LogP contribution >= 0.6 is 15.9 Å². The van der Waals surface area contributed by atoms with E-state index in [-0.39, 0.29) is 5.82 Å². The van der Waals surface area contributed by atoms with E-state index in [0.717, 1.165) is 13.0 Å². The van der Waals surface area contributed by atoms with E-state index in [9.17, 15) is 4.39 Å². The highest BCUT2D eigenvalue weighted by molar-refractivity contribution is 9.10. The third kappa shape index (κ3) is 2.92. The zero-order valence-electron chi connectivity index (χ0n) is 11.7. The van der Waals surface area contributed by atoms with Gasteiger partial charge in [0.1, 0.15) is 5.82 Å². The molecule has 1 aromatic rings. The Morgan fingerprint density at radius 3 is 2.90 bits per heavy atom. The zero-order chi connectivity index (χ0) is 14.1. The molecule has 2 aliphatic rings. The van der Waals surface area contributed by atoms with Crippen molar-refractivity contribution in [2.75, 3.05) is 6.54 Å². The lowest BCUT2D eigenvalue weighted by Crippen LogP contribution is -2.42. The Morgan fingerprint density at radius 2 is 2.30 bits per heavy atom. The van der Waals surface area contributed by atoms with Gasteiger partial charge in [0, 0.05) is 12.0 Å². The standard InChI is InChI=1S/C16H21BrFNO/c1-2-19-15(12-9-11-4-6-16(12)20-11)8-10-3-5-14(18)13(17)7-10/h3,5,7,11-12,15-16,19H,2,4,6,8-9H2,1H3. The Hall–Kier alpha value is -0.450. The summed E-state index contributed by atoms with van der Waals surface area (Å²) in [5.41, 5.74) is 1.17. The lowest BCUT2D eigenvalue weighted by atomic mass is 9.81. The second kappa shape index (κ2) is 6.12. The number of hydrogen-bond donors (Lipinski definition) is 1. The molecule has 0 aromatic heterocycles. The van der Waals surface area contributed by atoms with Crippen molar-refractivity contribution in [1.29, 1.82) is 0 Å². The van der Waals surface area contributed by atoms with E-state index < -0.39 is 0 Å². The van der Waals surface area contributed by atoms with Crippen LogP contribution in [0.5, 0.6) is 0 Å². The van der Waals surface area contributed by atoms with Crippen molar-refractivity contribution in [1.82, 2.24) is 5.32 Å². The molecule has 2 saturated heterocycles. The minimum Gasteiger partial charge on any atom is -0.375 e. The average molecular weight is 342 g/mol. The third-order valence-electron chi connectivity index (χ3n) is 4.58. The molecule has 0 aliphatic carbocycles. The summed E-state index contributed by atoms with van der Waals surface area (Å²) >= 11 is 3.27. The summed E-state index contributed by atoms with van der Waals surface area (Å²) in [6.45, 7) is 3.10. The van der Waals surface area contributed by atoms with Gasteiger partial charge in [-0.15, -0.1) is 0 Å². The Balaban J connectivity index is 1.72. The summed E-state index contributed by atoms with van der Waals surface area (Å²) in [4.78, 5) is 0. The van der Waals surface area contributed by atoms with Crippen LogP contribution in [0.1, 0.15) is 31.7 Å². The highest BCUT2D eigenvalue weighted by Crippen LogP contribution is 2.41. The summed E-state index contributed by atoms with van der Waals surface area (Å²) in [6.07, 6.45) is 5.43. The molecule has 2 fully saturated rings. The first kappa shape index (κ1) is 14.5. The van der Waals surface area contributed by atoms with E-state index in [1.54, 1.807) is 6.07 Å². The second-order valence-electron chi connectivity index (χ2n) is 5.89. The maximum absolute atomic E-state index is 13.3. The van der Waals surface area contributed by atoms with Crippen LogP contribution < -0.4 is 5.32 Å². The fourth-order valence-electron chi connectivity index (χ4n) is 3.66. The van der Waals surface area contributed by atoms with E-state index >= 15 is 0 Å². The molecule has 20 heavy (non-hydrogen) atoms. The van der Waals surface area contributed by atoms with Gasteiger partial charge < -0.3 is 10.1 Å². The molecule has 3 rings (SSSR count). The van der Waals surface area contributed by atoms with Gasteiger partial charge in [0.05, 0.1) is 16.7 Å². The molecule has 0 amide bonds. The van der Waals surface area contributed by atoms with Gasteiger partial charge in [-0.2, -0.15) is 0 Å². The summed E-state index contributed by atoms with van der Waals surface area (Å²) in [7, 11) is 0. The average Bonchev–Trinajstić information content (AvgIpc) is 3.05. The number of hydrogen-bond acceptors (Lipinski definition) is 2. The van der Waals surface area contributed by atoms with Gasteiger partial charge in [-0.3, -0.25) is 0 Å². The molecule has 2 aliphatic heterocycles. The number of benzene rings is 1. The largest absolute Gasteiger partial charge is 0.375 e. The van der Waals surface area contributed by atoms with Crippen LogP contribution in [0.25, 0.3) is 0 Å². The highest BCUT2D eigenvalue weighted by atomic mass is 79.9. The monoisotopic (exact) mass is 341 g/mol. The van der Waals surface area contributed by atoms with Crippen LogP contribution in [-0.4, -0.2) is 24.8 Å². The maximum atomic E-state index is 13.3. The van der Waals surface area contributed by atoms with Crippen LogP contribution in [0, 0.1) is 11.7 Å². The number of halogens is 2. The van der Waals surface area contributed by atoms with Crippen molar-refractivity contribution in [3.05, 3.63) is 34.1 Å². The zero-order valence-corrected chi connectivity index (χ0v) is 13.3. The molecule has 0 spiro atoms. The molecule has 1 aromatic carbocycles. The molecule has 4 atom stereocenters. The first-order chi connectivity index (χ1) is 9.67. The first-order valence-electron chi connectivity index (χ1n) is 7.50. The van der Waals surface area contributed by atoms with E-state index in [2.05, 4.69) is 28.2 Å². The Morgan fingerprint density at radius 1 is 1.45 bits per heavy atom. The first-order valence-corrected chi connectivity index (χ1v) is 8.29. The predicted octanol–water partition coefficient (Wildman–Crippen LogP) is 3.68. The summed E-state index contributed by atoms with van der Waals surface area (Å²) in [6, 6.07) is 5.75. The normalized spacial score (nSPS) is 29.9. The van der Waals surface area contributed by atoms with Crippen molar-refractivity contribution in [2.24, 2.45) is 5.92 Å². The molecule has 2 bridgehead atoms. The fraction of sp³-hybridized carbons (Fsp3) is 0.625. The minimum atomic E-state index is -0.197. The van der Waals surface area contributed by atoms with Crippen LogP contribution in [0.4, 0.5) is 4.39 Å². The number of rotatable bonds is 5. The minimum absolute atomic E-state index is 0.197. The van der Waals surface area contributed by atoms with Crippen LogP contribution in [0.3, 0.4) is 0 Å². The van der Waals surface area contributed by atoms with Crippen molar-refractivity contribution in [3.8, 4) is 0 Å². The van der Waals surface area contributed by atoms with E-state index in [0.29, 0.717) is 28.6 Å². The van der Waals surface area contributed by atoms with Crippen molar-refractivity contribution in [2.45, 2.75) is 50.9 Å². The van der Waals surface area contributed by atoms with Crippen LogP contribution in [0.15, 0.2) is 22.7 Å². The highest BCUT2D eigenvalue weighted by Gasteiger charge is 2.43. The third-order valence-corrected chi connectivity index (χ3v) is 5.18. The lowest BCUT2D eigenvalue weighted by molar-refractivity contribution is 0.0858. The SMILES string of the molecule is CCNC(Cc1ccc(F)c(Br)c1)C1CC2CCC1O2. The molecule has 4 unspecified atom stereocenters. The van der Waals surface area contributed by atoms with Gasteiger partial charge in [0.2, 0.25) is 0 Å². The van der Waals surface area contributed by atoms with E-state index in [4.69, 9.17) is 4.74 Å². The Bertz CT molecular complexity index is 482. The lowest BCUT2D eigenvalue weighted by Gasteiger charge is -2.29. The maximum Gasteiger partial charge on any atom is 0.137 e. The van der Waals surface area contributed by atoms with Crippen LogP contribution in [-0.2, 0) is 11.2 Å². The number of fused-ring (bicyclic) bond motifs is 2. The smallest absolute Gasteiger partial charge is 0.137 e. The number of nitrogens with one attached hydrogen (secondary N) is 1. The van der Waals surface area contributed by atoms with Crippen LogP contribution in [0.2, 0.25) is 0 Å². The fourth-order valence-corrected chi connectivity index (χ4v) is 4.08. The summed E-state index contributed by atoms with van der Waals surface area (Å²) in [5, 5.41) is 3.60.